The van der Waals surface area contributed by atoms with E-state index in [0.29, 0.717) is 11.3 Å². The normalized spacial score (nSPS) is 34.2. The molecule has 0 aromatic carbocycles. The van der Waals surface area contributed by atoms with Crippen molar-refractivity contribution in [3.8, 4) is 0 Å². The van der Waals surface area contributed by atoms with Crippen LogP contribution in [0.15, 0.2) is 0 Å². The number of carbonyl (C=O) groups is 1. The minimum Gasteiger partial charge on any atom is -0.468 e. The fourth-order valence-electron chi connectivity index (χ4n) is 1.53. The molecule has 13 heavy (non-hydrogen) atoms. The van der Waals surface area contributed by atoms with Gasteiger partial charge in [0.05, 0.1) is 7.11 Å². The summed E-state index contributed by atoms with van der Waals surface area (Å²) >= 11 is 1.84. The van der Waals surface area contributed by atoms with Crippen molar-refractivity contribution in [2.45, 2.75) is 37.6 Å². The van der Waals surface area contributed by atoms with Gasteiger partial charge in [-0.05, 0) is 6.42 Å². The molecule has 0 aromatic rings. The molecule has 3 nitrogen and oxygen atoms in total. The van der Waals surface area contributed by atoms with E-state index in [1.165, 1.54) is 7.11 Å². The van der Waals surface area contributed by atoms with Crippen molar-refractivity contribution in [2.24, 2.45) is 0 Å². The Balaban J connectivity index is 2.49. The number of esters is 1. The van der Waals surface area contributed by atoms with Crippen LogP contribution >= 0.6 is 11.8 Å². The molecule has 3 atom stereocenters. The molecule has 0 bridgehead atoms. The maximum absolute atomic E-state index is 11.2. The number of rotatable bonds is 2. The third-order valence-electron chi connectivity index (χ3n) is 2.43. The summed E-state index contributed by atoms with van der Waals surface area (Å²) in [5.41, 5.74) is 0. The average Bonchev–Trinajstić information content (AvgIpc) is 2.17. The van der Waals surface area contributed by atoms with Crippen LogP contribution in [-0.4, -0.2) is 36.2 Å². The maximum Gasteiger partial charge on any atom is 0.323 e. The van der Waals surface area contributed by atoms with E-state index in [2.05, 4.69) is 19.2 Å². The van der Waals surface area contributed by atoms with Gasteiger partial charge in [0, 0.05) is 17.0 Å². The van der Waals surface area contributed by atoms with E-state index in [1.54, 1.807) is 0 Å². The molecular weight excluding hydrogens is 186 g/mol. The summed E-state index contributed by atoms with van der Waals surface area (Å²) < 4.78 is 4.70. The Hall–Kier alpha value is -0.220. The summed E-state index contributed by atoms with van der Waals surface area (Å²) in [6.07, 6.45) is 1.06. The highest BCUT2D eigenvalue weighted by molar-refractivity contribution is 8.00. The topological polar surface area (TPSA) is 38.3 Å². The number of nitrogens with one attached hydrogen (secondary N) is 1. The number of carbonyl (C=O) groups excluding carboxylic acids is 1. The minimum atomic E-state index is -0.141. The summed E-state index contributed by atoms with van der Waals surface area (Å²) in [7, 11) is 1.44. The standard InChI is InChI=1S/C9H17NO2S/c1-4-7-6(2)13-5-8(10-7)9(11)12-3/h6-8,10H,4-5H2,1-3H3. The zero-order valence-corrected chi connectivity index (χ0v) is 9.19. The minimum absolute atomic E-state index is 0.115. The molecule has 1 saturated heterocycles. The van der Waals surface area contributed by atoms with Crippen LogP contribution in [0.25, 0.3) is 0 Å². The predicted octanol–water partition coefficient (Wildman–Crippen LogP) is 1.03. The number of thioether (sulfide) groups is 1. The molecule has 1 aliphatic rings. The van der Waals surface area contributed by atoms with Crippen LogP contribution in [-0.2, 0) is 9.53 Å². The maximum atomic E-state index is 11.2. The molecule has 4 heteroatoms. The molecule has 0 aromatic heterocycles. The van der Waals surface area contributed by atoms with Gasteiger partial charge < -0.3 is 4.74 Å². The fraction of sp³-hybridized carbons (Fsp3) is 0.889. The molecule has 0 spiro atoms. The summed E-state index contributed by atoms with van der Waals surface area (Å²) in [6, 6.07) is 0.319. The quantitative estimate of drug-likeness (QED) is 0.680. The third kappa shape index (κ3) is 2.61. The van der Waals surface area contributed by atoms with Gasteiger partial charge in [-0.25, -0.2) is 0 Å². The number of hydrogen-bond donors (Lipinski definition) is 1. The second-order valence-corrected chi connectivity index (χ2v) is 4.71. The molecule has 1 heterocycles. The van der Waals surface area contributed by atoms with E-state index in [0.717, 1.165) is 12.2 Å². The Morgan fingerprint density at radius 1 is 1.69 bits per heavy atom. The molecule has 3 unspecified atom stereocenters. The second-order valence-electron chi connectivity index (χ2n) is 3.30. The van der Waals surface area contributed by atoms with Crippen molar-refractivity contribution in [1.29, 1.82) is 0 Å². The lowest BCUT2D eigenvalue weighted by Gasteiger charge is -2.33. The number of hydrogen-bond acceptors (Lipinski definition) is 4. The van der Waals surface area contributed by atoms with E-state index < -0.39 is 0 Å². The highest BCUT2D eigenvalue weighted by Gasteiger charge is 2.30. The lowest BCUT2D eigenvalue weighted by molar-refractivity contribution is -0.142. The van der Waals surface area contributed by atoms with Gasteiger partial charge in [-0.1, -0.05) is 13.8 Å². The first-order valence-corrected chi connectivity index (χ1v) is 5.69. The van der Waals surface area contributed by atoms with E-state index in [4.69, 9.17) is 4.74 Å². The predicted molar refractivity (Wildman–Crippen MR) is 54.9 cm³/mol. The second kappa shape index (κ2) is 4.86. The Labute approximate surface area is 83.6 Å². The van der Waals surface area contributed by atoms with Crippen LogP contribution < -0.4 is 5.32 Å². The first-order chi connectivity index (χ1) is 6.19. The Kier molecular flexibility index (Phi) is 4.06. The lowest BCUT2D eigenvalue weighted by Crippen LogP contribution is -2.52. The average molecular weight is 203 g/mol. The lowest BCUT2D eigenvalue weighted by atomic mass is 10.1. The van der Waals surface area contributed by atoms with Crippen molar-refractivity contribution in [2.75, 3.05) is 12.9 Å². The highest BCUT2D eigenvalue weighted by Crippen LogP contribution is 2.23. The van der Waals surface area contributed by atoms with Crippen LogP contribution in [0, 0.1) is 0 Å². The van der Waals surface area contributed by atoms with Gasteiger partial charge in [-0.3, -0.25) is 10.1 Å². The van der Waals surface area contributed by atoms with E-state index in [-0.39, 0.29) is 12.0 Å². The first-order valence-electron chi connectivity index (χ1n) is 4.64. The van der Waals surface area contributed by atoms with E-state index >= 15 is 0 Å². The Bertz CT molecular complexity index is 186. The van der Waals surface area contributed by atoms with Crippen molar-refractivity contribution in [1.82, 2.24) is 5.32 Å². The van der Waals surface area contributed by atoms with Gasteiger partial charge >= 0.3 is 5.97 Å². The monoisotopic (exact) mass is 203 g/mol. The number of ether oxygens (including phenoxy) is 1. The molecule has 1 N–H and O–H groups in total. The van der Waals surface area contributed by atoms with Gasteiger partial charge in [0.2, 0.25) is 0 Å². The smallest absolute Gasteiger partial charge is 0.323 e. The third-order valence-corrected chi connectivity index (χ3v) is 3.81. The molecular formula is C9H17NO2S. The van der Waals surface area contributed by atoms with Crippen molar-refractivity contribution in [3.05, 3.63) is 0 Å². The Morgan fingerprint density at radius 3 is 2.92 bits per heavy atom. The van der Waals surface area contributed by atoms with Crippen LogP contribution in [0.5, 0.6) is 0 Å². The van der Waals surface area contributed by atoms with Crippen molar-refractivity contribution < 1.29 is 9.53 Å². The molecule has 76 valence electrons. The molecule has 0 amide bonds. The fourth-order valence-corrected chi connectivity index (χ4v) is 2.77. The van der Waals surface area contributed by atoms with E-state index in [1.807, 2.05) is 11.8 Å². The van der Waals surface area contributed by atoms with Gasteiger partial charge in [-0.2, -0.15) is 11.8 Å². The highest BCUT2D eigenvalue weighted by atomic mass is 32.2. The molecule has 1 rings (SSSR count). The summed E-state index contributed by atoms with van der Waals surface area (Å²) in [5.74, 6) is 0.683. The van der Waals surface area contributed by atoms with Crippen LogP contribution in [0.2, 0.25) is 0 Å². The zero-order valence-electron chi connectivity index (χ0n) is 8.37. The molecule has 0 radical (unpaired) electrons. The largest absolute Gasteiger partial charge is 0.468 e. The molecule has 1 aliphatic heterocycles. The summed E-state index contributed by atoms with van der Waals surface area (Å²) in [4.78, 5) is 11.2. The van der Waals surface area contributed by atoms with Crippen LogP contribution in [0.3, 0.4) is 0 Å². The van der Waals surface area contributed by atoms with Crippen molar-refractivity contribution in [3.63, 3.8) is 0 Å². The van der Waals surface area contributed by atoms with Crippen LogP contribution in [0.4, 0.5) is 0 Å². The van der Waals surface area contributed by atoms with Gasteiger partial charge in [0.1, 0.15) is 6.04 Å². The summed E-state index contributed by atoms with van der Waals surface area (Å²) in [5, 5.41) is 3.90. The SMILES string of the molecule is CCC1NC(C(=O)OC)CSC1C. The molecule has 1 fully saturated rings. The van der Waals surface area contributed by atoms with Gasteiger partial charge in [0.15, 0.2) is 0 Å². The van der Waals surface area contributed by atoms with Crippen LogP contribution in [0.1, 0.15) is 20.3 Å². The Morgan fingerprint density at radius 2 is 2.38 bits per heavy atom. The molecule has 0 aliphatic carbocycles. The molecule has 0 saturated carbocycles. The zero-order chi connectivity index (χ0) is 9.84. The first kappa shape index (κ1) is 10.9. The van der Waals surface area contributed by atoms with Gasteiger partial charge in [0.25, 0.3) is 0 Å². The van der Waals surface area contributed by atoms with Gasteiger partial charge in [-0.15, -0.1) is 0 Å². The summed E-state index contributed by atoms with van der Waals surface area (Å²) in [6.45, 7) is 4.33. The number of methoxy groups -OCH3 is 1. The van der Waals surface area contributed by atoms with Crippen molar-refractivity contribution >= 4 is 17.7 Å². The van der Waals surface area contributed by atoms with E-state index in [9.17, 15) is 4.79 Å².